The number of rotatable bonds is 6. The molecule has 0 radical (unpaired) electrons. The summed E-state index contributed by atoms with van der Waals surface area (Å²) in [5, 5.41) is 4.49. The van der Waals surface area contributed by atoms with E-state index >= 15 is 0 Å². The van der Waals surface area contributed by atoms with Gasteiger partial charge in [0.15, 0.2) is 6.61 Å². The van der Waals surface area contributed by atoms with E-state index in [-0.39, 0.29) is 12.5 Å². The number of carbonyl (C=O) groups excluding carboxylic acids is 2. The standard InChI is InChI=1S/C20H25N3O4S/c1-15-12-16(22-27-15)14-28-19-17(8-7-9-21-19)20(25)26-13-18(24)23-10-5-3-2-4-6-11-23/h7-9,12H,2-6,10-11,13-14H2,1H3. The van der Waals surface area contributed by atoms with Crippen LogP contribution in [0.15, 0.2) is 33.9 Å². The van der Waals surface area contributed by atoms with Crippen molar-refractivity contribution < 1.29 is 18.8 Å². The van der Waals surface area contributed by atoms with Crippen LogP contribution in [0.5, 0.6) is 0 Å². The second-order valence-electron chi connectivity index (χ2n) is 6.80. The summed E-state index contributed by atoms with van der Waals surface area (Å²) in [4.78, 5) is 31.0. The van der Waals surface area contributed by atoms with Crippen LogP contribution in [0.1, 0.15) is 53.9 Å². The molecule has 28 heavy (non-hydrogen) atoms. The summed E-state index contributed by atoms with van der Waals surface area (Å²) in [6, 6.07) is 5.18. The second-order valence-corrected chi connectivity index (χ2v) is 7.76. The Morgan fingerprint density at radius 1 is 1.21 bits per heavy atom. The Morgan fingerprint density at radius 3 is 2.68 bits per heavy atom. The number of ether oxygens (including phenoxy) is 1. The molecule has 8 heteroatoms. The average Bonchev–Trinajstić information content (AvgIpc) is 3.09. The van der Waals surface area contributed by atoms with Gasteiger partial charge in [-0.3, -0.25) is 4.79 Å². The highest BCUT2D eigenvalue weighted by Gasteiger charge is 2.19. The first-order valence-electron chi connectivity index (χ1n) is 9.58. The quantitative estimate of drug-likeness (QED) is 0.538. The molecular formula is C20H25N3O4S. The van der Waals surface area contributed by atoms with Gasteiger partial charge in [0, 0.05) is 31.1 Å². The maximum atomic E-state index is 12.5. The van der Waals surface area contributed by atoms with Crippen LogP contribution in [0.25, 0.3) is 0 Å². The third-order valence-corrected chi connectivity index (χ3v) is 5.60. The van der Waals surface area contributed by atoms with Gasteiger partial charge in [-0.1, -0.05) is 36.2 Å². The zero-order chi connectivity index (χ0) is 19.8. The normalized spacial score (nSPS) is 15.0. The number of pyridine rings is 1. The summed E-state index contributed by atoms with van der Waals surface area (Å²) < 4.78 is 10.3. The summed E-state index contributed by atoms with van der Waals surface area (Å²) in [5.74, 6) is 0.596. The fourth-order valence-electron chi connectivity index (χ4n) is 3.08. The molecule has 2 aromatic rings. The van der Waals surface area contributed by atoms with Crippen molar-refractivity contribution in [2.24, 2.45) is 0 Å². The summed E-state index contributed by atoms with van der Waals surface area (Å²) in [6.45, 7) is 3.07. The number of carbonyl (C=O) groups is 2. The molecule has 7 nitrogen and oxygen atoms in total. The van der Waals surface area contributed by atoms with Crippen LogP contribution >= 0.6 is 11.8 Å². The van der Waals surface area contributed by atoms with Crippen molar-refractivity contribution in [2.45, 2.75) is 49.8 Å². The van der Waals surface area contributed by atoms with Gasteiger partial charge in [-0.15, -0.1) is 0 Å². The Labute approximate surface area is 168 Å². The van der Waals surface area contributed by atoms with Crippen molar-refractivity contribution >= 4 is 23.6 Å². The zero-order valence-corrected chi connectivity index (χ0v) is 16.9. The van der Waals surface area contributed by atoms with Crippen molar-refractivity contribution in [3.63, 3.8) is 0 Å². The Kier molecular flexibility index (Phi) is 7.47. The van der Waals surface area contributed by atoms with Gasteiger partial charge < -0.3 is 14.2 Å². The third-order valence-electron chi connectivity index (χ3n) is 4.56. The van der Waals surface area contributed by atoms with Crippen molar-refractivity contribution in [1.29, 1.82) is 0 Å². The SMILES string of the molecule is Cc1cc(CSc2ncccc2C(=O)OCC(=O)N2CCCCCCC2)no1. The predicted octanol–water partition coefficient (Wildman–Crippen LogP) is 3.62. The number of likely N-dealkylation sites (tertiary alicyclic amines) is 1. The first-order valence-corrected chi connectivity index (χ1v) is 10.6. The van der Waals surface area contributed by atoms with Crippen LogP contribution in [0.4, 0.5) is 0 Å². The molecular weight excluding hydrogens is 378 g/mol. The van der Waals surface area contributed by atoms with Crippen LogP contribution in [-0.4, -0.2) is 46.6 Å². The Bertz CT molecular complexity index is 800. The van der Waals surface area contributed by atoms with Gasteiger partial charge in [0.2, 0.25) is 0 Å². The first kappa shape index (κ1) is 20.4. The largest absolute Gasteiger partial charge is 0.452 e. The molecule has 3 rings (SSSR count). The van der Waals surface area contributed by atoms with Gasteiger partial charge in [-0.2, -0.15) is 0 Å². The van der Waals surface area contributed by atoms with Crippen LogP contribution in [0.3, 0.4) is 0 Å². The number of amides is 1. The molecule has 0 unspecified atom stereocenters. The molecule has 1 aliphatic rings. The minimum Gasteiger partial charge on any atom is -0.452 e. The summed E-state index contributed by atoms with van der Waals surface area (Å²) in [7, 11) is 0. The molecule has 1 amide bonds. The van der Waals surface area contributed by atoms with Crippen LogP contribution in [0.2, 0.25) is 0 Å². The van der Waals surface area contributed by atoms with E-state index in [1.54, 1.807) is 23.2 Å². The summed E-state index contributed by atoms with van der Waals surface area (Å²) in [5.41, 5.74) is 1.13. The fourth-order valence-corrected chi connectivity index (χ4v) is 3.95. The smallest absolute Gasteiger partial charge is 0.341 e. The van der Waals surface area contributed by atoms with E-state index in [0.29, 0.717) is 16.3 Å². The van der Waals surface area contributed by atoms with Crippen LogP contribution in [0, 0.1) is 6.92 Å². The average molecular weight is 404 g/mol. The number of aryl methyl sites for hydroxylation is 1. The predicted molar refractivity (Wildman–Crippen MR) is 105 cm³/mol. The third kappa shape index (κ3) is 5.82. The maximum absolute atomic E-state index is 12.5. The van der Waals surface area contributed by atoms with E-state index in [0.717, 1.165) is 50.2 Å². The highest BCUT2D eigenvalue weighted by atomic mass is 32.2. The van der Waals surface area contributed by atoms with E-state index in [4.69, 9.17) is 9.26 Å². The lowest BCUT2D eigenvalue weighted by atomic mass is 10.1. The van der Waals surface area contributed by atoms with Gasteiger partial charge in [0.25, 0.3) is 5.91 Å². The van der Waals surface area contributed by atoms with Crippen LogP contribution in [-0.2, 0) is 15.3 Å². The molecule has 1 saturated heterocycles. The first-order chi connectivity index (χ1) is 13.6. The van der Waals surface area contributed by atoms with Crippen molar-refractivity contribution in [1.82, 2.24) is 15.0 Å². The van der Waals surface area contributed by atoms with Gasteiger partial charge in [0.1, 0.15) is 10.8 Å². The topological polar surface area (TPSA) is 85.5 Å². The van der Waals surface area contributed by atoms with E-state index in [1.807, 2.05) is 13.0 Å². The van der Waals surface area contributed by atoms with E-state index in [9.17, 15) is 9.59 Å². The molecule has 1 aliphatic heterocycles. The van der Waals surface area contributed by atoms with Gasteiger partial charge >= 0.3 is 5.97 Å². The monoisotopic (exact) mass is 403 g/mol. The maximum Gasteiger partial charge on any atom is 0.341 e. The highest BCUT2D eigenvalue weighted by molar-refractivity contribution is 7.98. The zero-order valence-electron chi connectivity index (χ0n) is 16.1. The molecule has 3 heterocycles. The molecule has 0 atom stereocenters. The van der Waals surface area contributed by atoms with Crippen LogP contribution < -0.4 is 0 Å². The molecule has 0 aromatic carbocycles. The Morgan fingerprint density at radius 2 is 1.96 bits per heavy atom. The van der Waals surface area contributed by atoms with Gasteiger partial charge in [0.05, 0.1) is 11.3 Å². The minimum absolute atomic E-state index is 0.133. The van der Waals surface area contributed by atoms with Crippen molar-refractivity contribution in [3.05, 3.63) is 41.4 Å². The Hall–Kier alpha value is -2.35. The number of aromatic nitrogens is 2. The van der Waals surface area contributed by atoms with E-state index in [1.165, 1.54) is 18.2 Å². The molecule has 0 spiro atoms. The van der Waals surface area contributed by atoms with Crippen molar-refractivity contribution in [3.8, 4) is 0 Å². The number of nitrogens with zero attached hydrogens (tertiary/aromatic N) is 3. The number of hydrogen-bond donors (Lipinski definition) is 0. The lowest BCUT2D eigenvalue weighted by Crippen LogP contribution is -2.37. The molecule has 0 N–H and O–H groups in total. The fraction of sp³-hybridized carbons (Fsp3) is 0.500. The molecule has 0 saturated carbocycles. The lowest BCUT2D eigenvalue weighted by molar-refractivity contribution is -0.134. The van der Waals surface area contributed by atoms with Crippen molar-refractivity contribution in [2.75, 3.05) is 19.7 Å². The van der Waals surface area contributed by atoms with E-state index in [2.05, 4.69) is 10.1 Å². The Balaban J connectivity index is 1.55. The lowest BCUT2D eigenvalue weighted by Gasteiger charge is -2.24. The summed E-state index contributed by atoms with van der Waals surface area (Å²) >= 11 is 1.38. The van der Waals surface area contributed by atoms with Gasteiger partial charge in [-0.05, 0) is 31.9 Å². The summed E-state index contributed by atoms with van der Waals surface area (Å²) in [6.07, 6.45) is 7.15. The highest BCUT2D eigenvalue weighted by Crippen LogP contribution is 2.24. The second kappa shape index (κ2) is 10.3. The molecule has 2 aromatic heterocycles. The minimum atomic E-state index is -0.535. The van der Waals surface area contributed by atoms with Gasteiger partial charge in [-0.25, -0.2) is 9.78 Å². The number of hydrogen-bond acceptors (Lipinski definition) is 7. The molecule has 150 valence electrons. The molecule has 0 bridgehead atoms. The number of thioether (sulfide) groups is 1. The molecule has 1 fully saturated rings. The molecule has 0 aliphatic carbocycles. The van der Waals surface area contributed by atoms with E-state index < -0.39 is 5.97 Å². The number of esters is 1.